The quantitative estimate of drug-likeness (QED) is 0.587. The summed E-state index contributed by atoms with van der Waals surface area (Å²) < 4.78 is 32.3. The van der Waals surface area contributed by atoms with Crippen molar-refractivity contribution in [3.05, 3.63) is 18.2 Å². The van der Waals surface area contributed by atoms with Gasteiger partial charge in [-0.3, -0.25) is 4.79 Å². The number of benzene rings is 1. The molecule has 0 saturated carbocycles. The molecule has 1 aliphatic heterocycles. The number of sulfonamides is 1. The number of nitrogens with one attached hydrogen (secondary N) is 2. The second-order valence-corrected chi connectivity index (χ2v) is 8.52. The number of ether oxygens (including phenoxy) is 1. The molecule has 2 rings (SSSR count). The number of nitrogens with two attached hydrogens (primary N) is 1. The topological polar surface area (TPSA) is 114 Å². The summed E-state index contributed by atoms with van der Waals surface area (Å²) >= 11 is 0. The van der Waals surface area contributed by atoms with E-state index in [1.807, 2.05) is 0 Å². The van der Waals surface area contributed by atoms with Gasteiger partial charge in [0.2, 0.25) is 15.9 Å². The van der Waals surface area contributed by atoms with Crippen LogP contribution in [0.4, 0.5) is 11.4 Å². The molecule has 154 valence electrons. The van der Waals surface area contributed by atoms with E-state index in [1.165, 1.54) is 10.4 Å². The van der Waals surface area contributed by atoms with Gasteiger partial charge >= 0.3 is 0 Å². The van der Waals surface area contributed by atoms with Crippen LogP contribution in [0.25, 0.3) is 0 Å². The zero-order valence-corrected chi connectivity index (χ0v) is 17.4. The molecule has 27 heavy (non-hydrogen) atoms. The van der Waals surface area contributed by atoms with E-state index in [1.54, 1.807) is 12.1 Å². The molecular weight excluding hydrogens is 392 g/mol. The van der Waals surface area contributed by atoms with Crippen molar-refractivity contribution in [3.8, 4) is 0 Å². The predicted octanol–water partition coefficient (Wildman–Crippen LogP) is 1.48. The third-order valence-electron chi connectivity index (χ3n) is 3.95. The third kappa shape index (κ3) is 6.62. The fourth-order valence-electron chi connectivity index (χ4n) is 2.54. The lowest BCUT2D eigenvalue weighted by Crippen LogP contribution is -2.40. The fraction of sp³-hybridized carbons (Fsp3) is 0.588. The van der Waals surface area contributed by atoms with Crippen LogP contribution in [-0.2, 0) is 19.6 Å². The van der Waals surface area contributed by atoms with E-state index in [-0.39, 0.29) is 36.2 Å². The van der Waals surface area contributed by atoms with Crippen LogP contribution in [0.2, 0.25) is 0 Å². The molecule has 1 aliphatic rings. The molecule has 1 fully saturated rings. The number of nitrogens with zero attached hydrogens (tertiary/aromatic N) is 1. The number of amides is 1. The average molecular weight is 421 g/mol. The number of hydrogen-bond acceptors (Lipinski definition) is 6. The van der Waals surface area contributed by atoms with E-state index < -0.39 is 10.0 Å². The van der Waals surface area contributed by atoms with Crippen molar-refractivity contribution in [1.29, 1.82) is 0 Å². The van der Waals surface area contributed by atoms with Gasteiger partial charge < -0.3 is 21.1 Å². The molecule has 1 saturated heterocycles. The van der Waals surface area contributed by atoms with Crippen molar-refractivity contribution < 1.29 is 17.9 Å². The predicted molar refractivity (Wildman–Crippen MR) is 109 cm³/mol. The Bertz CT molecular complexity index is 722. The Morgan fingerprint density at radius 2 is 1.93 bits per heavy atom. The van der Waals surface area contributed by atoms with Gasteiger partial charge in [0, 0.05) is 32.6 Å². The maximum Gasteiger partial charge on any atom is 0.243 e. The summed E-state index contributed by atoms with van der Waals surface area (Å²) in [5, 5.41) is 6.01. The first kappa shape index (κ1) is 23.6. The standard InChI is InChI=1S/C17H28N4O4S.ClH/c1-13(2)12-19-15-4-3-14(11-16(15)20-17(22)5-6-18)26(23,24)21-7-9-25-10-8-21;/h3-4,11,13,19H,5-10,12,18H2,1-2H3,(H,20,22);1H. The minimum atomic E-state index is -3.63. The van der Waals surface area contributed by atoms with E-state index in [4.69, 9.17) is 10.5 Å². The normalized spacial score (nSPS) is 15.3. The second-order valence-electron chi connectivity index (χ2n) is 6.59. The van der Waals surface area contributed by atoms with Crippen molar-refractivity contribution >= 4 is 39.7 Å². The van der Waals surface area contributed by atoms with Crippen LogP contribution < -0.4 is 16.4 Å². The van der Waals surface area contributed by atoms with Crippen LogP contribution in [0.15, 0.2) is 23.1 Å². The van der Waals surface area contributed by atoms with Crippen LogP contribution in [0.5, 0.6) is 0 Å². The van der Waals surface area contributed by atoms with Crippen LogP contribution in [0, 0.1) is 5.92 Å². The highest BCUT2D eigenvalue weighted by molar-refractivity contribution is 7.89. The lowest BCUT2D eigenvalue weighted by molar-refractivity contribution is -0.116. The first-order chi connectivity index (χ1) is 12.3. The van der Waals surface area contributed by atoms with E-state index >= 15 is 0 Å². The van der Waals surface area contributed by atoms with E-state index in [9.17, 15) is 13.2 Å². The molecule has 0 unspecified atom stereocenters. The highest BCUT2D eigenvalue weighted by Crippen LogP contribution is 2.28. The van der Waals surface area contributed by atoms with E-state index in [0.29, 0.717) is 50.1 Å². The molecule has 1 aromatic carbocycles. The van der Waals surface area contributed by atoms with Crippen LogP contribution in [-0.4, -0.2) is 58.0 Å². The molecule has 0 bridgehead atoms. The number of rotatable bonds is 8. The number of hydrogen-bond donors (Lipinski definition) is 3. The third-order valence-corrected chi connectivity index (χ3v) is 5.84. The number of anilines is 2. The summed E-state index contributed by atoms with van der Waals surface area (Å²) in [6.45, 7) is 6.48. The molecular formula is C17H29ClN4O4S. The Labute approximate surface area is 167 Å². The van der Waals surface area contributed by atoms with Gasteiger partial charge in [-0.25, -0.2) is 8.42 Å². The largest absolute Gasteiger partial charge is 0.383 e. The molecule has 0 aliphatic carbocycles. The van der Waals surface area contributed by atoms with Gasteiger partial charge in [-0.05, 0) is 24.1 Å². The Kier molecular flexibility index (Phi) is 9.48. The Morgan fingerprint density at radius 1 is 1.26 bits per heavy atom. The fourth-order valence-corrected chi connectivity index (χ4v) is 3.97. The smallest absolute Gasteiger partial charge is 0.243 e. The Morgan fingerprint density at radius 3 is 2.52 bits per heavy atom. The Hall–Kier alpha value is -1.39. The SMILES string of the molecule is CC(C)CNc1ccc(S(=O)(=O)N2CCOCC2)cc1NC(=O)CCN.Cl. The first-order valence-electron chi connectivity index (χ1n) is 8.80. The van der Waals surface area contributed by atoms with Crippen LogP contribution in [0.3, 0.4) is 0 Å². The number of morpholine rings is 1. The van der Waals surface area contributed by atoms with Gasteiger partial charge in [-0.15, -0.1) is 12.4 Å². The van der Waals surface area contributed by atoms with Gasteiger partial charge in [0.1, 0.15) is 0 Å². The minimum absolute atomic E-state index is 0. The summed E-state index contributed by atoms with van der Waals surface area (Å²) in [5.41, 5.74) is 6.55. The van der Waals surface area contributed by atoms with Crippen molar-refractivity contribution in [2.45, 2.75) is 25.2 Å². The summed E-state index contributed by atoms with van der Waals surface area (Å²) in [7, 11) is -3.63. The molecule has 0 aromatic heterocycles. The van der Waals surface area contributed by atoms with Crippen LogP contribution in [0.1, 0.15) is 20.3 Å². The monoisotopic (exact) mass is 420 g/mol. The average Bonchev–Trinajstić information content (AvgIpc) is 2.61. The lowest BCUT2D eigenvalue weighted by atomic mass is 10.2. The van der Waals surface area contributed by atoms with Crippen molar-refractivity contribution in [1.82, 2.24) is 4.31 Å². The molecule has 1 aromatic rings. The van der Waals surface area contributed by atoms with Crippen molar-refractivity contribution in [2.75, 3.05) is 50.0 Å². The van der Waals surface area contributed by atoms with Gasteiger partial charge in [-0.1, -0.05) is 13.8 Å². The highest BCUT2D eigenvalue weighted by atomic mass is 35.5. The lowest BCUT2D eigenvalue weighted by Gasteiger charge is -2.26. The molecule has 10 heteroatoms. The minimum Gasteiger partial charge on any atom is -0.383 e. The summed E-state index contributed by atoms with van der Waals surface area (Å²) in [5.74, 6) is 0.153. The number of carbonyl (C=O) groups is 1. The van der Waals surface area contributed by atoms with E-state index in [0.717, 1.165) is 0 Å². The highest BCUT2D eigenvalue weighted by Gasteiger charge is 2.27. The Balaban J connectivity index is 0.00000364. The van der Waals surface area contributed by atoms with Crippen LogP contribution >= 0.6 is 12.4 Å². The summed E-state index contributed by atoms with van der Waals surface area (Å²) in [4.78, 5) is 12.1. The maximum absolute atomic E-state index is 12.8. The van der Waals surface area contributed by atoms with E-state index in [2.05, 4.69) is 24.5 Å². The van der Waals surface area contributed by atoms with Gasteiger partial charge in [0.25, 0.3) is 0 Å². The molecule has 1 heterocycles. The van der Waals surface area contributed by atoms with Crippen molar-refractivity contribution in [2.24, 2.45) is 11.7 Å². The second kappa shape index (κ2) is 10.8. The first-order valence-corrected chi connectivity index (χ1v) is 10.2. The van der Waals surface area contributed by atoms with Gasteiger partial charge in [0.05, 0.1) is 29.5 Å². The maximum atomic E-state index is 12.8. The zero-order chi connectivity index (χ0) is 19.2. The summed E-state index contributed by atoms with van der Waals surface area (Å²) in [6, 6.07) is 4.75. The zero-order valence-electron chi connectivity index (χ0n) is 15.7. The number of carbonyl (C=O) groups excluding carboxylic acids is 1. The van der Waals surface area contributed by atoms with Gasteiger partial charge in [0.15, 0.2) is 0 Å². The van der Waals surface area contributed by atoms with Gasteiger partial charge in [-0.2, -0.15) is 4.31 Å². The molecule has 4 N–H and O–H groups in total. The number of halogens is 1. The molecule has 1 amide bonds. The molecule has 0 radical (unpaired) electrons. The summed E-state index contributed by atoms with van der Waals surface area (Å²) in [6.07, 6.45) is 0.171. The molecule has 8 nitrogen and oxygen atoms in total. The van der Waals surface area contributed by atoms with Crippen molar-refractivity contribution in [3.63, 3.8) is 0 Å². The molecule has 0 spiro atoms. The molecule has 0 atom stereocenters.